The summed E-state index contributed by atoms with van der Waals surface area (Å²) in [5.41, 5.74) is 8.33. The van der Waals surface area contributed by atoms with E-state index in [1.807, 2.05) is 24.3 Å². The molecule has 1 aromatic carbocycles. The number of rotatable bonds is 7. The fraction of sp³-hybridized carbons (Fsp3) is 0.429. The fourth-order valence-corrected chi connectivity index (χ4v) is 1.90. The predicted octanol–water partition coefficient (Wildman–Crippen LogP) is 2.08. The molecule has 0 spiro atoms. The molecule has 0 radical (unpaired) electrons. The monoisotopic (exact) mass is 234 g/mol. The average Bonchev–Trinajstić information content (AvgIpc) is 2.37. The number of nitrogens with two attached hydrogens (primary N) is 1. The molecule has 0 bridgehead atoms. The molecule has 0 aliphatic carbocycles. The molecule has 1 rings (SSSR count). The Balaban J connectivity index is 3.03. The minimum absolute atomic E-state index is 0.0391. The first-order valence-corrected chi connectivity index (χ1v) is 6.05. The minimum Gasteiger partial charge on any atom is -0.395 e. The van der Waals surface area contributed by atoms with Gasteiger partial charge in [0, 0.05) is 24.8 Å². The van der Waals surface area contributed by atoms with Gasteiger partial charge >= 0.3 is 0 Å². The third-order valence-electron chi connectivity index (χ3n) is 2.84. The van der Waals surface area contributed by atoms with E-state index in [9.17, 15) is 0 Å². The molecular formula is C14H22N2O. The zero-order valence-corrected chi connectivity index (χ0v) is 10.5. The molecular weight excluding hydrogens is 212 g/mol. The highest BCUT2D eigenvalue weighted by molar-refractivity contribution is 5.55. The summed E-state index contributed by atoms with van der Waals surface area (Å²) in [5.74, 6) is 0. The van der Waals surface area contributed by atoms with E-state index in [2.05, 4.69) is 24.5 Å². The number of para-hydroxylation sites is 1. The second-order valence-electron chi connectivity index (χ2n) is 4.03. The van der Waals surface area contributed by atoms with E-state index in [0.717, 1.165) is 17.7 Å². The van der Waals surface area contributed by atoms with Gasteiger partial charge < -0.3 is 15.7 Å². The van der Waals surface area contributed by atoms with Crippen LogP contribution in [0.25, 0.3) is 0 Å². The van der Waals surface area contributed by atoms with Crippen LogP contribution in [0.5, 0.6) is 0 Å². The van der Waals surface area contributed by atoms with E-state index >= 15 is 0 Å². The van der Waals surface area contributed by atoms with Crippen molar-refractivity contribution in [2.45, 2.75) is 19.4 Å². The third kappa shape index (κ3) is 3.58. The summed E-state index contributed by atoms with van der Waals surface area (Å²) in [6.07, 6.45) is 2.74. The molecule has 0 saturated heterocycles. The van der Waals surface area contributed by atoms with Crippen LogP contribution in [0.1, 0.15) is 24.9 Å². The second-order valence-corrected chi connectivity index (χ2v) is 4.03. The van der Waals surface area contributed by atoms with Crippen LogP contribution in [0, 0.1) is 0 Å². The van der Waals surface area contributed by atoms with Crippen LogP contribution in [0.3, 0.4) is 0 Å². The Bertz CT molecular complexity index is 352. The topological polar surface area (TPSA) is 49.5 Å². The Labute approximate surface area is 104 Å². The second kappa shape index (κ2) is 7.09. The zero-order valence-electron chi connectivity index (χ0n) is 10.5. The molecule has 0 heterocycles. The van der Waals surface area contributed by atoms with E-state index < -0.39 is 0 Å². The lowest BCUT2D eigenvalue weighted by atomic mass is 10.0. The van der Waals surface area contributed by atoms with Crippen LogP contribution in [-0.2, 0) is 0 Å². The van der Waals surface area contributed by atoms with E-state index in [1.54, 1.807) is 0 Å². The SMILES string of the molecule is C=CCN(CCO)c1ccccc1[C@@H](N)CC. The summed E-state index contributed by atoms with van der Waals surface area (Å²) < 4.78 is 0. The maximum absolute atomic E-state index is 9.10. The van der Waals surface area contributed by atoms with Gasteiger partial charge in [0.1, 0.15) is 0 Å². The maximum atomic E-state index is 9.10. The summed E-state index contributed by atoms with van der Waals surface area (Å²) in [7, 11) is 0. The first kappa shape index (κ1) is 13.7. The molecule has 94 valence electrons. The minimum atomic E-state index is 0.0391. The molecule has 0 aliphatic rings. The summed E-state index contributed by atoms with van der Waals surface area (Å²) in [4.78, 5) is 2.10. The van der Waals surface area contributed by atoms with Crippen LogP contribution in [0.15, 0.2) is 36.9 Å². The summed E-state index contributed by atoms with van der Waals surface area (Å²) >= 11 is 0. The van der Waals surface area contributed by atoms with Crippen molar-refractivity contribution in [2.75, 3.05) is 24.6 Å². The van der Waals surface area contributed by atoms with Gasteiger partial charge in [0.25, 0.3) is 0 Å². The van der Waals surface area contributed by atoms with Crippen molar-refractivity contribution >= 4 is 5.69 Å². The Morgan fingerprint density at radius 3 is 2.76 bits per heavy atom. The molecule has 0 unspecified atom stereocenters. The lowest BCUT2D eigenvalue weighted by molar-refractivity contribution is 0.303. The van der Waals surface area contributed by atoms with Gasteiger partial charge in [-0.15, -0.1) is 6.58 Å². The van der Waals surface area contributed by atoms with Gasteiger partial charge in [0.15, 0.2) is 0 Å². The molecule has 17 heavy (non-hydrogen) atoms. The normalized spacial score (nSPS) is 12.2. The number of nitrogens with zero attached hydrogens (tertiary/aromatic N) is 1. The van der Waals surface area contributed by atoms with Crippen molar-refractivity contribution < 1.29 is 5.11 Å². The Hall–Kier alpha value is -1.32. The number of hydrogen-bond acceptors (Lipinski definition) is 3. The van der Waals surface area contributed by atoms with Crippen molar-refractivity contribution in [3.8, 4) is 0 Å². The van der Waals surface area contributed by atoms with Gasteiger partial charge in [-0.05, 0) is 18.1 Å². The van der Waals surface area contributed by atoms with Crippen LogP contribution < -0.4 is 10.6 Å². The maximum Gasteiger partial charge on any atom is 0.0606 e. The molecule has 0 aliphatic heterocycles. The molecule has 0 amide bonds. The average molecular weight is 234 g/mol. The number of hydrogen-bond donors (Lipinski definition) is 2. The fourth-order valence-electron chi connectivity index (χ4n) is 1.90. The zero-order chi connectivity index (χ0) is 12.7. The van der Waals surface area contributed by atoms with Crippen molar-refractivity contribution in [3.63, 3.8) is 0 Å². The van der Waals surface area contributed by atoms with Crippen molar-refractivity contribution in [1.82, 2.24) is 0 Å². The lowest BCUT2D eigenvalue weighted by Crippen LogP contribution is -2.28. The van der Waals surface area contributed by atoms with Gasteiger partial charge in [-0.2, -0.15) is 0 Å². The first-order valence-electron chi connectivity index (χ1n) is 6.05. The highest BCUT2D eigenvalue weighted by Gasteiger charge is 2.13. The Kier molecular flexibility index (Phi) is 5.73. The smallest absolute Gasteiger partial charge is 0.0606 e. The van der Waals surface area contributed by atoms with E-state index in [1.165, 1.54) is 0 Å². The molecule has 1 aromatic rings. The molecule has 0 fully saturated rings. The number of aliphatic hydroxyl groups excluding tert-OH is 1. The van der Waals surface area contributed by atoms with E-state index in [-0.39, 0.29) is 12.6 Å². The Morgan fingerprint density at radius 2 is 2.18 bits per heavy atom. The first-order chi connectivity index (χ1) is 8.24. The number of anilines is 1. The van der Waals surface area contributed by atoms with Gasteiger partial charge in [0.05, 0.1) is 6.61 Å². The molecule has 3 heteroatoms. The van der Waals surface area contributed by atoms with Gasteiger partial charge in [0.2, 0.25) is 0 Å². The van der Waals surface area contributed by atoms with Crippen molar-refractivity contribution in [3.05, 3.63) is 42.5 Å². The quantitative estimate of drug-likeness (QED) is 0.710. The van der Waals surface area contributed by atoms with Crippen LogP contribution in [0.4, 0.5) is 5.69 Å². The molecule has 1 atom stereocenters. The van der Waals surface area contributed by atoms with Gasteiger partial charge in [-0.1, -0.05) is 31.2 Å². The number of aliphatic hydroxyl groups is 1. The van der Waals surface area contributed by atoms with Crippen molar-refractivity contribution in [2.24, 2.45) is 5.73 Å². The standard InChI is InChI=1S/C14H22N2O/c1-3-9-16(10-11-17)14-8-6-5-7-12(14)13(15)4-2/h3,5-8,13,17H,1,4,9-11,15H2,2H3/t13-/m0/s1. The summed E-state index contributed by atoms with van der Waals surface area (Å²) in [6.45, 7) is 7.26. The molecule has 3 N–H and O–H groups in total. The number of benzene rings is 1. The van der Waals surface area contributed by atoms with E-state index in [4.69, 9.17) is 10.8 Å². The third-order valence-corrected chi connectivity index (χ3v) is 2.84. The Morgan fingerprint density at radius 1 is 1.47 bits per heavy atom. The van der Waals surface area contributed by atoms with E-state index in [0.29, 0.717) is 13.1 Å². The summed E-state index contributed by atoms with van der Waals surface area (Å²) in [6, 6.07) is 8.13. The lowest BCUT2D eigenvalue weighted by Gasteiger charge is -2.27. The largest absolute Gasteiger partial charge is 0.395 e. The molecule has 0 aromatic heterocycles. The molecule has 0 saturated carbocycles. The summed E-state index contributed by atoms with van der Waals surface area (Å²) in [5, 5.41) is 9.10. The highest BCUT2D eigenvalue weighted by Crippen LogP contribution is 2.26. The van der Waals surface area contributed by atoms with Crippen molar-refractivity contribution in [1.29, 1.82) is 0 Å². The highest BCUT2D eigenvalue weighted by atomic mass is 16.3. The van der Waals surface area contributed by atoms with Crippen LogP contribution >= 0.6 is 0 Å². The van der Waals surface area contributed by atoms with Crippen LogP contribution in [0.2, 0.25) is 0 Å². The van der Waals surface area contributed by atoms with Gasteiger partial charge in [-0.3, -0.25) is 0 Å². The van der Waals surface area contributed by atoms with Gasteiger partial charge in [-0.25, -0.2) is 0 Å². The predicted molar refractivity (Wildman–Crippen MR) is 73.2 cm³/mol. The molecule has 3 nitrogen and oxygen atoms in total. The van der Waals surface area contributed by atoms with Crippen LogP contribution in [-0.4, -0.2) is 24.8 Å².